The summed E-state index contributed by atoms with van der Waals surface area (Å²) in [5.74, 6) is -3.21. The number of amides is 2. The quantitative estimate of drug-likeness (QED) is 0.226. The number of carboxylic acids is 1. The molecule has 5 unspecified atom stereocenters. The highest BCUT2D eigenvalue weighted by Crippen LogP contribution is 2.52. The average molecular weight is 429 g/mol. The first-order valence-corrected chi connectivity index (χ1v) is 9.59. The number of ether oxygens (including phenoxy) is 2. The molecule has 1 saturated carbocycles. The number of fused-ring (bicyclic) bond motifs is 5. The van der Waals surface area contributed by atoms with E-state index in [4.69, 9.17) is 14.6 Å². The van der Waals surface area contributed by atoms with Crippen LogP contribution in [0.25, 0.3) is 0 Å². The molecular weight excluding hydrogens is 410 g/mol. The highest BCUT2D eigenvalue weighted by atomic mass is 16.6. The van der Waals surface area contributed by atoms with Gasteiger partial charge in [0, 0.05) is 11.6 Å². The molecule has 1 N–H and O–H groups in total. The molecule has 1 saturated heterocycles. The van der Waals surface area contributed by atoms with Gasteiger partial charge in [-0.2, -0.15) is 10.1 Å². The van der Waals surface area contributed by atoms with E-state index in [1.807, 2.05) is 12.2 Å². The Bertz CT molecular complexity index is 1020. The van der Waals surface area contributed by atoms with Gasteiger partial charge in [-0.1, -0.05) is 12.2 Å². The smallest absolute Gasteiger partial charge is 0.344 e. The van der Waals surface area contributed by atoms with E-state index in [9.17, 15) is 24.5 Å². The van der Waals surface area contributed by atoms with Crippen molar-refractivity contribution in [1.82, 2.24) is 5.01 Å². The lowest BCUT2D eigenvalue weighted by atomic mass is 9.85. The van der Waals surface area contributed by atoms with Gasteiger partial charge in [0.2, 0.25) is 5.75 Å². The van der Waals surface area contributed by atoms with Crippen molar-refractivity contribution in [1.29, 1.82) is 0 Å². The van der Waals surface area contributed by atoms with Gasteiger partial charge in [0.05, 0.1) is 30.1 Å². The van der Waals surface area contributed by atoms with E-state index < -0.39 is 34.5 Å². The van der Waals surface area contributed by atoms with Crippen molar-refractivity contribution in [3.05, 3.63) is 40.0 Å². The van der Waals surface area contributed by atoms with Gasteiger partial charge in [0.15, 0.2) is 11.9 Å². The number of aliphatic carboxylic acids is 1. The predicted octanol–water partition coefficient (Wildman–Crippen LogP) is 1.60. The molecule has 1 heterocycles. The first-order chi connectivity index (χ1) is 14.7. The van der Waals surface area contributed by atoms with Crippen LogP contribution in [0, 0.1) is 33.8 Å². The van der Waals surface area contributed by atoms with Gasteiger partial charge >= 0.3 is 11.7 Å². The summed E-state index contributed by atoms with van der Waals surface area (Å²) in [5, 5.41) is 25.4. The molecule has 2 aliphatic carbocycles. The Balaban J connectivity index is 1.63. The van der Waals surface area contributed by atoms with Crippen LogP contribution in [0.1, 0.15) is 18.9 Å². The molecule has 0 radical (unpaired) electrons. The number of carbonyl (C=O) groups is 3. The summed E-state index contributed by atoms with van der Waals surface area (Å²) in [5.41, 5.74) is -0.357. The molecule has 1 aromatic carbocycles. The van der Waals surface area contributed by atoms with Crippen LogP contribution in [-0.2, 0) is 14.4 Å². The Kier molecular flexibility index (Phi) is 4.96. The number of carbonyl (C=O) groups excluding carboxylic acids is 2. The topological polar surface area (TPSA) is 149 Å². The van der Waals surface area contributed by atoms with Crippen LogP contribution < -0.4 is 9.47 Å². The zero-order valence-corrected chi connectivity index (χ0v) is 16.6. The van der Waals surface area contributed by atoms with Crippen molar-refractivity contribution in [2.24, 2.45) is 28.8 Å². The molecule has 3 aliphatic rings. The average Bonchev–Trinajstić information content (AvgIpc) is 3.41. The second-order valence-corrected chi connectivity index (χ2v) is 7.66. The molecule has 4 rings (SSSR count). The largest absolute Gasteiger partial charge is 0.493 e. The van der Waals surface area contributed by atoms with Crippen molar-refractivity contribution >= 4 is 29.7 Å². The maximum Gasteiger partial charge on any atom is 0.344 e. The number of hydrogen-bond donors (Lipinski definition) is 1. The minimum atomic E-state index is -1.35. The van der Waals surface area contributed by atoms with E-state index in [1.165, 1.54) is 20.1 Å². The van der Waals surface area contributed by atoms with Crippen molar-refractivity contribution < 1.29 is 33.9 Å². The highest BCUT2D eigenvalue weighted by Gasteiger charge is 2.59. The third-order valence-electron chi connectivity index (χ3n) is 5.89. The number of hydrazone groups is 1. The van der Waals surface area contributed by atoms with E-state index in [0.717, 1.165) is 23.7 Å². The van der Waals surface area contributed by atoms with E-state index in [0.29, 0.717) is 0 Å². The fraction of sp³-hybridized carbons (Fsp3) is 0.400. The van der Waals surface area contributed by atoms with Crippen LogP contribution in [0.4, 0.5) is 5.69 Å². The second kappa shape index (κ2) is 7.49. The zero-order chi connectivity index (χ0) is 22.4. The molecule has 11 nitrogen and oxygen atoms in total. The first kappa shape index (κ1) is 20.5. The molecule has 11 heteroatoms. The number of allylic oxidation sites excluding steroid dienone is 2. The predicted molar refractivity (Wildman–Crippen MR) is 105 cm³/mol. The minimum absolute atomic E-state index is 0.0421. The molecule has 2 bridgehead atoms. The second-order valence-electron chi connectivity index (χ2n) is 7.66. The summed E-state index contributed by atoms with van der Waals surface area (Å²) in [7, 11) is 1.25. The summed E-state index contributed by atoms with van der Waals surface area (Å²) >= 11 is 0. The normalized spacial score (nSPS) is 27.1. The van der Waals surface area contributed by atoms with Crippen LogP contribution in [-0.4, -0.2) is 52.3 Å². The summed E-state index contributed by atoms with van der Waals surface area (Å²) in [6.45, 7) is 1.23. The number of nitrogens with zero attached hydrogens (tertiary/aromatic N) is 3. The fourth-order valence-corrected chi connectivity index (χ4v) is 4.44. The van der Waals surface area contributed by atoms with Gasteiger partial charge in [-0.25, -0.2) is 4.79 Å². The third kappa shape index (κ3) is 3.31. The maximum atomic E-state index is 12.7. The van der Waals surface area contributed by atoms with Crippen molar-refractivity contribution in [3.63, 3.8) is 0 Å². The Morgan fingerprint density at radius 1 is 1.29 bits per heavy atom. The number of imide groups is 1. The molecule has 1 aromatic rings. The number of nitro benzene ring substituents is 1. The van der Waals surface area contributed by atoms with Gasteiger partial charge < -0.3 is 14.6 Å². The Labute approximate surface area is 176 Å². The van der Waals surface area contributed by atoms with Crippen LogP contribution in [0.3, 0.4) is 0 Å². The first-order valence-electron chi connectivity index (χ1n) is 9.59. The number of hydrogen-bond acceptors (Lipinski definition) is 8. The third-order valence-corrected chi connectivity index (χ3v) is 5.89. The summed E-state index contributed by atoms with van der Waals surface area (Å²) < 4.78 is 10.3. The van der Waals surface area contributed by atoms with Gasteiger partial charge in [-0.3, -0.25) is 19.7 Å². The number of nitro groups is 1. The van der Waals surface area contributed by atoms with Gasteiger partial charge in [0.1, 0.15) is 0 Å². The van der Waals surface area contributed by atoms with E-state index in [2.05, 4.69) is 5.10 Å². The van der Waals surface area contributed by atoms with Crippen molar-refractivity contribution in [2.45, 2.75) is 19.4 Å². The molecule has 31 heavy (non-hydrogen) atoms. The Morgan fingerprint density at radius 2 is 1.90 bits per heavy atom. The standard InChI is InChI=1S/C20H19N3O8/c1-9(20(26)27)31-17-13(23(28)29)5-10(6-14(17)30-2)8-21-22-18(24)15-11-3-4-12(7-11)16(15)19(22)25/h3-6,8-9,11-12,15-16H,7H2,1-2H3,(H,26,27). The molecule has 162 valence electrons. The molecule has 0 aromatic heterocycles. The zero-order valence-electron chi connectivity index (χ0n) is 16.6. The lowest BCUT2D eigenvalue weighted by Crippen LogP contribution is -2.28. The van der Waals surface area contributed by atoms with E-state index in [-0.39, 0.29) is 40.7 Å². The van der Waals surface area contributed by atoms with Gasteiger partial charge in [0.25, 0.3) is 11.8 Å². The molecule has 1 aliphatic heterocycles. The molecule has 5 atom stereocenters. The summed E-state index contributed by atoms with van der Waals surface area (Å²) in [6, 6.07) is 2.45. The molecule has 0 spiro atoms. The van der Waals surface area contributed by atoms with Crippen LogP contribution >= 0.6 is 0 Å². The summed E-state index contributed by atoms with van der Waals surface area (Å²) in [4.78, 5) is 47.2. The minimum Gasteiger partial charge on any atom is -0.493 e. The Hall–Kier alpha value is -3.76. The van der Waals surface area contributed by atoms with E-state index >= 15 is 0 Å². The Morgan fingerprint density at radius 3 is 2.42 bits per heavy atom. The highest BCUT2D eigenvalue weighted by molar-refractivity contribution is 6.06. The molecular formula is C20H19N3O8. The van der Waals surface area contributed by atoms with Gasteiger partial charge in [-0.05, 0) is 31.2 Å². The monoisotopic (exact) mass is 429 g/mol. The fourth-order valence-electron chi connectivity index (χ4n) is 4.44. The van der Waals surface area contributed by atoms with Gasteiger partial charge in [-0.15, -0.1) is 0 Å². The lowest BCUT2D eigenvalue weighted by molar-refractivity contribution is -0.386. The van der Waals surface area contributed by atoms with Crippen LogP contribution in [0.2, 0.25) is 0 Å². The van der Waals surface area contributed by atoms with Crippen LogP contribution in [0.15, 0.2) is 29.4 Å². The molecule has 2 fully saturated rings. The van der Waals surface area contributed by atoms with Crippen molar-refractivity contribution in [2.75, 3.05) is 7.11 Å². The number of carboxylic acid groups (broad SMARTS) is 1. The maximum absolute atomic E-state index is 12.7. The van der Waals surface area contributed by atoms with Crippen LogP contribution in [0.5, 0.6) is 11.5 Å². The number of rotatable bonds is 7. The lowest BCUT2D eigenvalue weighted by Gasteiger charge is -2.14. The SMILES string of the molecule is COc1cc(C=NN2C(=O)C3C4C=CC(C4)C3C2=O)cc([N+](=O)[O-])c1OC(C)C(=O)O. The van der Waals surface area contributed by atoms with Crippen molar-refractivity contribution in [3.8, 4) is 11.5 Å². The molecule has 2 amide bonds. The van der Waals surface area contributed by atoms with E-state index in [1.54, 1.807) is 0 Å². The number of methoxy groups -OCH3 is 1. The summed E-state index contributed by atoms with van der Waals surface area (Å²) in [6.07, 6.45) is 4.54. The number of benzene rings is 1.